The molecule has 3 nitrogen and oxygen atoms in total. The van der Waals surface area contributed by atoms with Crippen molar-refractivity contribution in [3.05, 3.63) is 0 Å². The lowest BCUT2D eigenvalue weighted by Crippen LogP contribution is -2.48. The van der Waals surface area contributed by atoms with Crippen LogP contribution in [0, 0.1) is 11.8 Å². The van der Waals surface area contributed by atoms with Crippen LogP contribution in [0.2, 0.25) is 0 Å². The molecule has 2 fully saturated rings. The van der Waals surface area contributed by atoms with Gasteiger partial charge in [0.25, 0.3) is 0 Å². The van der Waals surface area contributed by atoms with Gasteiger partial charge in [-0.15, -0.1) is 0 Å². The second-order valence-corrected chi connectivity index (χ2v) is 6.25. The van der Waals surface area contributed by atoms with Gasteiger partial charge in [-0.2, -0.15) is 0 Å². The zero-order valence-corrected chi connectivity index (χ0v) is 12.8. The summed E-state index contributed by atoms with van der Waals surface area (Å²) in [7, 11) is 0. The zero-order chi connectivity index (χ0) is 13.5. The predicted octanol–water partition coefficient (Wildman–Crippen LogP) is 3.64. The van der Waals surface area contributed by atoms with Crippen LogP contribution in [0.1, 0.15) is 58.8 Å². The molecule has 0 aromatic carbocycles. The van der Waals surface area contributed by atoms with Crippen LogP contribution in [0.4, 0.5) is 0 Å². The molecule has 2 heterocycles. The third-order valence-electron chi connectivity index (χ3n) is 4.56. The van der Waals surface area contributed by atoms with Crippen molar-refractivity contribution in [1.82, 2.24) is 4.90 Å². The largest absolute Gasteiger partial charge is 0.339 e. The first-order valence-corrected chi connectivity index (χ1v) is 8.30. The van der Waals surface area contributed by atoms with E-state index in [0.29, 0.717) is 5.92 Å². The second-order valence-electron chi connectivity index (χ2n) is 6.25. The molecule has 0 N–H and O–H groups in total. The average molecular weight is 269 g/mol. The van der Waals surface area contributed by atoms with E-state index < -0.39 is 0 Å². The first kappa shape index (κ1) is 15.3. The van der Waals surface area contributed by atoms with Crippen LogP contribution < -0.4 is 0 Å². The number of hydrogen-bond donors (Lipinski definition) is 0. The highest BCUT2D eigenvalue weighted by Gasteiger charge is 2.29. The Hall–Kier alpha value is -0.120. The van der Waals surface area contributed by atoms with E-state index in [2.05, 4.69) is 18.7 Å². The molecule has 2 saturated heterocycles. The van der Waals surface area contributed by atoms with Gasteiger partial charge in [-0.05, 0) is 25.2 Å². The molecule has 2 rings (SSSR count). The fraction of sp³-hybridized carbons (Fsp3) is 1.00. The van der Waals surface area contributed by atoms with Gasteiger partial charge in [0.2, 0.25) is 6.41 Å². The van der Waals surface area contributed by atoms with E-state index in [-0.39, 0.29) is 6.41 Å². The third kappa shape index (κ3) is 4.73. The molecule has 0 amide bonds. The van der Waals surface area contributed by atoms with Crippen molar-refractivity contribution >= 4 is 0 Å². The smallest absolute Gasteiger partial charge is 0.218 e. The molecule has 0 spiro atoms. The maximum absolute atomic E-state index is 5.90. The normalized spacial score (nSPS) is 30.6. The van der Waals surface area contributed by atoms with Crippen LogP contribution in [0.5, 0.6) is 0 Å². The first-order chi connectivity index (χ1) is 9.33. The minimum absolute atomic E-state index is 0.0553. The highest BCUT2D eigenvalue weighted by atomic mass is 16.7. The van der Waals surface area contributed by atoms with Crippen molar-refractivity contribution in [3.63, 3.8) is 0 Å². The van der Waals surface area contributed by atoms with Gasteiger partial charge >= 0.3 is 0 Å². The fourth-order valence-corrected chi connectivity index (χ4v) is 3.26. The molecule has 2 aliphatic rings. The summed E-state index contributed by atoms with van der Waals surface area (Å²) in [6, 6.07) is 0. The van der Waals surface area contributed by atoms with Crippen LogP contribution in [-0.2, 0) is 9.47 Å². The highest BCUT2D eigenvalue weighted by Crippen LogP contribution is 2.26. The van der Waals surface area contributed by atoms with Crippen LogP contribution in [0.3, 0.4) is 0 Å². The minimum atomic E-state index is -0.0553. The monoisotopic (exact) mass is 269 g/mol. The van der Waals surface area contributed by atoms with E-state index in [4.69, 9.17) is 9.47 Å². The summed E-state index contributed by atoms with van der Waals surface area (Å²) >= 11 is 0. The Bertz CT molecular complexity index is 231. The lowest BCUT2D eigenvalue weighted by molar-refractivity contribution is -0.271. The minimum Gasteiger partial charge on any atom is -0.339 e. The van der Waals surface area contributed by atoms with E-state index in [1.165, 1.54) is 44.9 Å². The maximum atomic E-state index is 5.90. The van der Waals surface area contributed by atoms with Crippen LogP contribution in [0.25, 0.3) is 0 Å². The van der Waals surface area contributed by atoms with Crippen molar-refractivity contribution < 1.29 is 9.47 Å². The van der Waals surface area contributed by atoms with Crippen molar-refractivity contribution in [2.75, 3.05) is 26.3 Å². The number of rotatable bonds is 6. The molecule has 0 saturated carbocycles. The summed E-state index contributed by atoms with van der Waals surface area (Å²) in [5.74, 6) is 1.55. The molecule has 112 valence electrons. The average Bonchev–Trinajstić information content (AvgIpc) is 2.47. The van der Waals surface area contributed by atoms with Crippen molar-refractivity contribution in [3.8, 4) is 0 Å². The van der Waals surface area contributed by atoms with Crippen LogP contribution >= 0.6 is 0 Å². The molecule has 0 aromatic heterocycles. The molecule has 19 heavy (non-hydrogen) atoms. The Morgan fingerprint density at radius 3 is 2.16 bits per heavy atom. The summed E-state index contributed by atoms with van der Waals surface area (Å²) < 4.78 is 11.8. The molecule has 0 unspecified atom stereocenters. The van der Waals surface area contributed by atoms with Gasteiger partial charge in [0.1, 0.15) is 0 Å². The van der Waals surface area contributed by atoms with E-state index in [9.17, 15) is 0 Å². The van der Waals surface area contributed by atoms with Gasteiger partial charge in [0, 0.05) is 19.0 Å². The van der Waals surface area contributed by atoms with E-state index in [1.54, 1.807) is 0 Å². The van der Waals surface area contributed by atoms with Gasteiger partial charge in [0.15, 0.2) is 0 Å². The Morgan fingerprint density at radius 1 is 0.895 bits per heavy atom. The zero-order valence-electron chi connectivity index (χ0n) is 12.8. The summed E-state index contributed by atoms with van der Waals surface area (Å²) in [5.41, 5.74) is 0. The number of hydrogen-bond acceptors (Lipinski definition) is 3. The molecule has 0 aromatic rings. The predicted molar refractivity (Wildman–Crippen MR) is 77.9 cm³/mol. The molecular weight excluding hydrogens is 238 g/mol. The Labute approximate surface area is 118 Å². The number of nitrogens with zero attached hydrogens (tertiary/aromatic N) is 1. The Kier molecular flexibility index (Phi) is 6.62. The number of unbranched alkanes of at least 4 members (excludes halogenated alkanes) is 1. The third-order valence-corrected chi connectivity index (χ3v) is 4.56. The van der Waals surface area contributed by atoms with E-state index >= 15 is 0 Å². The highest BCUT2D eigenvalue weighted by molar-refractivity contribution is 4.73. The second kappa shape index (κ2) is 8.23. The van der Waals surface area contributed by atoms with Crippen LogP contribution in [0.15, 0.2) is 0 Å². The van der Waals surface area contributed by atoms with Crippen molar-refractivity contribution in [1.29, 1.82) is 0 Å². The summed E-state index contributed by atoms with van der Waals surface area (Å²) in [4.78, 5) is 2.39. The Morgan fingerprint density at radius 2 is 1.58 bits per heavy atom. The summed E-state index contributed by atoms with van der Waals surface area (Å²) in [6.07, 6.45) is 9.17. The molecule has 0 bridgehead atoms. The number of piperidine rings is 1. The molecule has 3 heteroatoms. The van der Waals surface area contributed by atoms with Gasteiger partial charge in [-0.25, -0.2) is 0 Å². The van der Waals surface area contributed by atoms with Gasteiger partial charge in [-0.1, -0.05) is 39.5 Å². The molecule has 0 atom stereocenters. The Balaban J connectivity index is 1.65. The molecule has 2 aliphatic heterocycles. The number of likely N-dealkylation sites (tertiary alicyclic amines) is 1. The number of ether oxygens (including phenoxy) is 2. The van der Waals surface area contributed by atoms with E-state index in [0.717, 1.165) is 32.2 Å². The van der Waals surface area contributed by atoms with Crippen molar-refractivity contribution in [2.45, 2.75) is 65.2 Å². The summed E-state index contributed by atoms with van der Waals surface area (Å²) in [6.45, 7) is 8.58. The fourth-order valence-electron chi connectivity index (χ4n) is 3.26. The topological polar surface area (TPSA) is 21.7 Å². The first-order valence-electron chi connectivity index (χ1n) is 8.30. The summed E-state index contributed by atoms with van der Waals surface area (Å²) in [5, 5.41) is 0. The van der Waals surface area contributed by atoms with E-state index in [1.807, 2.05) is 0 Å². The molecule has 0 aliphatic carbocycles. The van der Waals surface area contributed by atoms with Crippen molar-refractivity contribution in [2.24, 2.45) is 11.8 Å². The molecular formula is C16H31NO2. The SMILES string of the molecule is CCCCC1CCN(C2OCC(CCC)CO2)CC1. The molecule has 0 radical (unpaired) electrons. The maximum Gasteiger partial charge on any atom is 0.218 e. The quantitative estimate of drug-likeness (QED) is 0.735. The van der Waals surface area contributed by atoms with Gasteiger partial charge in [-0.3, -0.25) is 4.90 Å². The van der Waals surface area contributed by atoms with Gasteiger partial charge < -0.3 is 9.47 Å². The van der Waals surface area contributed by atoms with Gasteiger partial charge in [0.05, 0.1) is 13.2 Å². The van der Waals surface area contributed by atoms with Crippen LogP contribution in [-0.4, -0.2) is 37.6 Å². The standard InChI is InChI=1S/C16H31NO2/c1-3-5-7-14-8-10-17(11-9-14)16-18-12-15(6-4-2)13-19-16/h14-16H,3-13H2,1-2H3. The lowest BCUT2D eigenvalue weighted by Gasteiger charge is -2.40. The lowest BCUT2D eigenvalue weighted by atomic mass is 9.92.